The number of carboxylic acid groups (broad SMARTS) is 1. The molecule has 1 aliphatic heterocycles. The van der Waals surface area contributed by atoms with Crippen molar-refractivity contribution in [3.05, 3.63) is 111 Å². The van der Waals surface area contributed by atoms with Gasteiger partial charge in [0, 0.05) is 35.1 Å². The van der Waals surface area contributed by atoms with Gasteiger partial charge in [-0.1, -0.05) is 83.5 Å². The van der Waals surface area contributed by atoms with Crippen molar-refractivity contribution in [3.63, 3.8) is 0 Å². The number of fused-ring (bicyclic) bond motifs is 3. The summed E-state index contributed by atoms with van der Waals surface area (Å²) in [5, 5.41) is 19.7. The molecule has 0 amide bonds. The number of hydrogen-bond acceptors (Lipinski definition) is 5. The molecule has 0 saturated heterocycles. The van der Waals surface area contributed by atoms with Gasteiger partial charge in [0.1, 0.15) is 6.04 Å². The number of carbonyl (C=O) groups is 1. The first-order chi connectivity index (χ1) is 17.9. The van der Waals surface area contributed by atoms with E-state index in [-0.39, 0.29) is 0 Å². The molecule has 2 heterocycles. The Morgan fingerprint density at radius 3 is 2.73 bits per heavy atom. The van der Waals surface area contributed by atoms with E-state index in [9.17, 15) is 9.90 Å². The monoisotopic (exact) mass is 534 g/mol. The minimum absolute atomic E-state index is 0.326. The number of H-pyrrole nitrogens is 1. The molecule has 0 fully saturated rings. The van der Waals surface area contributed by atoms with Crippen LogP contribution in [0.1, 0.15) is 34.0 Å². The highest BCUT2D eigenvalue weighted by Gasteiger charge is 2.41. The molecule has 188 valence electrons. The van der Waals surface area contributed by atoms with Crippen molar-refractivity contribution in [1.29, 1.82) is 0 Å². The molecule has 5 N–H and O–H groups in total. The number of nitrogens with two attached hydrogens (primary N) is 1. The number of benzene rings is 3. The Balaban J connectivity index is 1.66. The van der Waals surface area contributed by atoms with Gasteiger partial charge >= 0.3 is 5.97 Å². The molecular weight excluding hydrogens is 511 g/mol. The second-order valence-corrected chi connectivity index (χ2v) is 9.60. The standard InChI is InChI=1S/C27H24Cl2N6O2/c1-15(32-34-33-30)17-7-4-6-16(12-17)14-35-23(27(36)37)13-20-18-8-2-3-11-22(18)31-25(20)26(35)19-9-5-10-21(28)24(19)29/h2-12,23,26,31H,1,13-14H2,(H2,30,34)(H,32,33)(H,36,37)/t23-,26+/m0/s1. The van der Waals surface area contributed by atoms with Crippen LogP contribution in [-0.2, 0) is 17.8 Å². The Bertz CT molecular complexity index is 1530. The number of aromatic amines is 1. The van der Waals surface area contributed by atoms with Crippen molar-refractivity contribution in [2.24, 2.45) is 16.2 Å². The van der Waals surface area contributed by atoms with Crippen molar-refractivity contribution in [3.8, 4) is 0 Å². The van der Waals surface area contributed by atoms with Gasteiger partial charge in [-0.25, -0.2) is 11.4 Å². The minimum atomic E-state index is -0.914. The van der Waals surface area contributed by atoms with Crippen molar-refractivity contribution in [2.45, 2.75) is 25.0 Å². The smallest absolute Gasteiger partial charge is 0.321 e. The summed E-state index contributed by atoms with van der Waals surface area (Å²) >= 11 is 13.2. The molecule has 0 aliphatic carbocycles. The molecule has 0 bridgehead atoms. The average Bonchev–Trinajstić information content (AvgIpc) is 3.27. The van der Waals surface area contributed by atoms with Crippen LogP contribution in [0.3, 0.4) is 0 Å². The van der Waals surface area contributed by atoms with Gasteiger partial charge in [-0.05, 0) is 34.9 Å². The molecule has 0 radical (unpaired) electrons. The first-order valence-electron chi connectivity index (χ1n) is 11.6. The van der Waals surface area contributed by atoms with Crippen LogP contribution in [-0.4, -0.2) is 27.0 Å². The van der Waals surface area contributed by atoms with E-state index in [2.05, 4.69) is 27.4 Å². The summed E-state index contributed by atoms with van der Waals surface area (Å²) in [6.45, 7) is 4.26. The number of hydrogen-bond donors (Lipinski definition) is 4. The van der Waals surface area contributed by atoms with Gasteiger partial charge in [-0.3, -0.25) is 9.69 Å². The lowest BCUT2D eigenvalue weighted by atomic mass is 9.87. The van der Waals surface area contributed by atoms with Gasteiger partial charge in [0.15, 0.2) is 0 Å². The number of nitrogens with zero attached hydrogens (tertiary/aromatic N) is 3. The Kier molecular flexibility index (Phi) is 6.99. The van der Waals surface area contributed by atoms with Crippen LogP contribution in [0.5, 0.6) is 0 Å². The molecular formula is C27H24Cl2N6O2. The molecule has 4 aromatic rings. The van der Waals surface area contributed by atoms with Crippen LogP contribution >= 0.6 is 23.2 Å². The zero-order valence-electron chi connectivity index (χ0n) is 19.7. The zero-order valence-corrected chi connectivity index (χ0v) is 21.2. The predicted octanol–water partition coefficient (Wildman–Crippen LogP) is 5.88. The summed E-state index contributed by atoms with van der Waals surface area (Å²) in [5.41, 5.74) is 7.71. The van der Waals surface area contributed by atoms with Crippen LogP contribution in [0, 0.1) is 0 Å². The van der Waals surface area contributed by atoms with E-state index in [0.29, 0.717) is 28.7 Å². The van der Waals surface area contributed by atoms with Crippen molar-refractivity contribution in [1.82, 2.24) is 15.4 Å². The summed E-state index contributed by atoms with van der Waals surface area (Å²) in [6.07, 6.45) is 0.339. The predicted molar refractivity (Wildman–Crippen MR) is 145 cm³/mol. The number of halogens is 2. The number of hydrazine groups is 1. The van der Waals surface area contributed by atoms with E-state index in [1.165, 1.54) is 0 Å². The van der Waals surface area contributed by atoms with E-state index in [1.807, 2.05) is 65.6 Å². The van der Waals surface area contributed by atoms with Crippen LogP contribution in [0.15, 0.2) is 83.6 Å². The lowest BCUT2D eigenvalue weighted by Crippen LogP contribution is -2.48. The average molecular weight is 535 g/mol. The fourth-order valence-corrected chi connectivity index (χ4v) is 5.45. The first kappa shape index (κ1) is 25.0. The fourth-order valence-electron chi connectivity index (χ4n) is 5.03. The van der Waals surface area contributed by atoms with Gasteiger partial charge < -0.3 is 10.1 Å². The maximum atomic E-state index is 12.7. The summed E-state index contributed by atoms with van der Waals surface area (Å²) in [4.78, 5) is 18.2. The van der Waals surface area contributed by atoms with Crippen molar-refractivity contribution in [2.75, 3.05) is 0 Å². The van der Waals surface area contributed by atoms with Crippen LogP contribution in [0.4, 0.5) is 0 Å². The zero-order chi connectivity index (χ0) is 26.1. The summed E-state index contributed by atoms with van der Waals surface area (Å²) < 4.78 is 0. The Hall–Kier alpha value is -3.69. The third kappa shape index (κ3) is 4.72. The van der Waals surface area contributed by atoms with E-state index in [1.54, 1.807) is 6.07 Å². The fraction of sp³-hybridized carbons (Fsp3) is 0.148. The highest BCUT2D eigenvalue weighted by molar-refractivity contribution is 6.42. The summed E-state index contributed by atoms with van der Waals surface area (Å²) in [5.74, 6) is 4.26. The van der Waals surface area contributed by atoms with Crippen LogP contribution in [0.2, 0.25) is 10.0 Å². The molecule has 0 unspecified atom stereocenters. The maximum absolute atomic E-state index is 12.7. The van der Waals surface area contributed by atoms with Gasteiger partial charge in [-0.15, -0.1) is 5.11 Å². The minimum Gasteiger partial charge on any atom is -0.480 e. The number of carboxylic acids is 1. The second kappa shape index (κ2) is 10.4. The molecule has 0 saturated carbocycles. The van der Waals surface area contributed by atoms with Crippen molar-refractivity contribution < 1.29 is 9.90 Å². The van der Waals surface area contributed by atoms with E-state index < -0.39 is 18.1 Å². The lowest BCUT2D eigenvalue weighted by molar-refractivity contribution is -0.144. The molecule has 5 rings (SSSR count). The summed E-state index contributed by atoms with van der Waals surface area (Å²) in [6, 6.07) is 19.6. The SMILES string of the molecule is C=C(/N=N\NN)c1cccc(CN2[C@H](c3cccc(Cl)c3Cl)c3[nH]c4ccccc4c3C[C@H]2C(=O)O)c1. The molecule has 37 heavy (non-hydrogen) atoms. The van der Waals surface area contributed by atoms with E-state index in [4.69, 9.17) is 29.0 Å². The van der Waals surface area contributed by atoms with Gasteiger partial charge in [0.05, 0.1) is 21.8 Å². The van der Waals surface area contributed by atoms with Gasteiger partial charge in [0.25, 0.3) is 0 Å². The quantitative estimate of drug-likeness (QED) is 0.134. The molecule has 10 heteroatoms. The molecule has 8 nitrogen and oxygen atoms in total. The number of aliphatic carboxylic acids is 1. The largest absolute Gasteiger partial charge is 0.480 e. The third-order valence-electron chi connectivity index (χ3n) is 6.66. The van der Waals surface area contributed by atoms with Gasteiger partial charge in [-0.2, -0.15) is 0 Å². The highest BCUT2D eigenvalue weighted by atomic mass is 35.5. The Morgan fingerprint density at radius 2 is 1.95 bits per heavy atom. The first-order valence-corrected chi connectivity index (χ1v) is 12.3. The van der Waals surface area contributed by atoms with E-state index in [0.717, 1.165) is 38.9 Å². The van der Waals surface area contributed by atoms with Crippen LogP contribution in [0.25, 0.3) is 16.6 Å². The second-order valence-electron chi connectivity index (χ2n) is 8.82. The van der Waals surface area contributed by atoms with Gasteiger partial charge in [0.2, 0.25) is 0 Å². The van der Waals surface area contributed by atoms with Crippen LogP contribution < -0.4 is 11.4 Å². The molecule has 1 aliphatic rings. The Labute approximate surface area is 223 Å². The normalized spacial score (nSPS) is 17.7. The topological polar surface area (TPSA) is 119 Å². The maximum Gasteiger partial charge on any atom is 0.321 e. The highest BCUT2D eigenvalue weighted by Crippen LogP contribution is 2.44. The number of aromatic nitrogens is 1. The summed E-state index contributed by atoms with van der Waals surface area (Å²) in [7, 11) is 0. The Morgan fingerprint density at radius 1 is 1.16 bits per heavy atom. The van der Waals surface area contributed by atoms with Crippen molar-refractivity contribution >= 4 is 45.8 Å². The number of nitrogens with one attached hydrogen (secondary N) is 2. The number of para-hydroxylation sites is 1. The van der Waals surface area contributed by atoms with E-state index >= 15 is 0 Å². The lowest BCUT2D eigenvalue weighted by Gasteiger charge is -2.41. The molecule has 3 aromatic carbocycles. The molecule has 1 aromatic heterocycles. The number of rotatable bonds is 7. The molecule has 0 spiro atoms. The molecule has 2 atom stereocenters. The third-order valence-corrected chi connectivity index (χ3v) is 7.50.